The van der Waals surface area contributed by atoms with E-state index in [9.17, 15) is 4.79 Å². The van der Waals surface area contributed by atoms with E-state index in [4.69, 9.17) is 19.0 Å². The Bertz CT molecular complexity index is 502. The van der Waals surface area contributed by atoms with Crippen LogP contribution in [-0.2, 0) is 23.4 Å². The summed E-state index contributed by atoms with van der Waals surface area (Å²) in [5.41, 5.74) is 0. The van der Waals surface area contributed by atoms with E-state index in [1.165, 1.54) is 13.2 Å². The number of aliphatic hydroxyl groups is 1. The van der Waals surface area contributed by atoms with Crippen molar-refractivity contribution in [3.8, 4) is 0 Å². The van der Waals surface area contributed by atoms with E-state index in [1.807, 2.05) is 13.0 Å². The fourth-order valence-corrected chi connectivity index (χ4v) is 3.06. The van der Waals surface area contributed by atoms with E-state index in [1.54, 1.807) is 19.1 Å². The SMILES string of the molecule is COC(=O)/C=C\[C@H](C)OC1CCCCO1.C[C@H](O)/C=C\CO[Si](C)(C)C(C)(C)C. The molecule has 1 saturated heterocycles. The topological polar surface area (TPSA) is 74.2 Å². The molecule has 0 aromatic heterocycles. The summed E-state index contributed by atoms with van der Waals surface area (Å²) < 4.78 is 21.3. The van der Waals surface area contributed by atoms with Crippen LogP contribution in [0.25, 0.3) is 0 Å². The molecule has 0 bridgehead atoms. The van der Waals surface area contributed by atoms with Crippen LogP contribution in [0.2, 0.25) is 18.1 Å². The zero-order valence-electron chi connectivity index (χ0n) is 19.6. The van der Waals surface area contributed by atoms with Crippen LogP contribution < -0.4 is 0 Å². The molecule has 7 heteroatoms. The van der Waals surface area contributed by atoms with E-state index < -0.39 is 8.32 Å². The molecule has 1 N–H and O–H groups in total. The van der Waals surface area contributed by atoms with Crippen molar-refractivity contribution in [2.24, 2.45) is 0 Å². The molecule has 0 aromatic rings. The van der Waals surface area contributed by atoms with E-state index in [2.05, 4.69) is 38.6 Å². The number of rotatable bonds is 8. The highest BCUT2D eigenvalue weighted by Crippen LogP contribution is 2.36. The minimum absolute atomic E-state index is 0.129. The van der Waals surface area contributed by atoms with Gasteiger partial charge in [0, 0.05) is 12.7 Å². The first-order valence-corrected chi connectivity index (χ1v) is 13.3. The lowest BCUT2D eigenvalue weighted by molar-refractivity contribution is -0.175. The lowest BCUT2D eigenvalue weighted by atomic mass is 10.2. The summed E-state index contributed by atoms with van der Waals surface area (Å²) in [5.74, 6) is -0.366. The molecule has 0 amide bonds. The summed E-state index contributed by atoms with van der Waals surface area (Å²) in [7, 11) is -0.260. The van der Waals surface area contributed by atoms with Gasteiger partial charge in [0.15, 0.2) is 14.6 Å². The molecule has 1 rings (SSSR count). The Morgan fingerprint density at radius 3 is 2.38 bits per heavy atom. The average molecular weight is 431 g/mol. The normalized spacial score (nSPS) is 20.2. The number of aliphatic hydroxyl groups excluding tert-OH is 1. The molecule has 1 unspecified atom stereocenters. The maximum atomic E-state index is 10.8. The number of carbonyl (C=O) groups is 1. The average Bonchev–Trinajstić information content (AvgIpc) is 2.63. The Hall–Kier alpha value is -0.993. The van der Waals surface area contributed by atoms with Gasteiger partial charge in [0.05, 0.1) is 25.9 Å². The van der Waals surface area contributed by atoms with Crippen molar-refractivity contribution in [3.63, 3.8) is 0 Å². The van der Waals surface area contributed by atoms with Crippen LogP contribution in [0.3, 0.4) is 0 Å². The number of hydrogen-bond donors (Lipinski definition) is 1. The third-order valence-electron chi connectivity index (χ3n) is 4.97. The number of methoxy groups -OCH3 is 1. The van der Waals surface area contributed by atoms with Gasteiger partial charge in [-0.25, -0.2) is 4.79 Å². The number of hydrogen-bond acceptors (Lipinski definition) is 6. The first kappa shape index (κ1) is 28.0. The van der Waals surface area contributed by atoms with Gasteiger partial charge >= 0.3 is 5.97 Å². The Balaban J connectivity index is 0.000000543. The van der Waals surface area contributed by atoms with Crippen LogP contribution in [0.1, 0.15) is 53.9 Å². The summed E-state index contributed by atoms with van der Waals surface area (Å²) in [6.45, 7) is 16.1. The second kappa shape index (κ2) is 14.1. The van der Waals surface area contributed by atoms with Crippen molar-refractivity contribution < 1.29 is 28.5 Å². The molecule has 1 heterocycles. The van der Waals surface area contributed by atoms with Crippen LogP contribution in [0.5, 0.6) is 0 Å². The van der Waals surface area contributed by atoms with E-state index in [0.29, 0.717) is 6.61 Å². The highest BCUT2D eigenvalue weighted by Gasteiger charge is 2.36. The van der Waals surface area contributed by atoms with Gasteiger partial charge < -0.3 is 23.7 Å². The first-order chi connectivity index (χ1) is 13.4. The van der Waals surface area contributed by atoms with Crippen LogP contribution in [0, 0.1) is 0 Å². The maximum absolute atomic E-state index is 10.8. The summed E-state index contributed by atoms with van der Waals surface area (Å²) in [5, 5.41) is 9.27. The molecule has 0 aromatic carbocycles. The van der Waals surface area contributed by atoms with Gasteiger partial charge in [0.2, 0.25) is 0 Å². The Labute approximate surface area is 178 Å². The van der Waals surface area contributed by atoms with Gasteiger partial charge in [-0.15, -0.1) is 0 Å². The monoisotopic (exact) mass is 430 g/mol. The predicted octanol–water partition coefficient (Wildman–Crippen LogP) is 4.59. The first-order valence-electron chi connectivity index (χ1n) is 10.4. The van der Waals surface area contributed by atoms with Gasteiger partial charge in [0.25, 0.3) is 0 Å². The quantitative estimate of drug-likeness (QED) is 0.263. The van der Waals surface area contributed by atoms with Gasteiger partial charge in [-0.2, -0.15) is 0 Å². The van der Waals surface area contributed by atoms with Crippen molar-refractivity contribution in [2.75, 3.05) is 20.3 Å². The molecule has 0 saturated carbocycles. The van der Waals surface area contributed by atoms with E-state index in [0.717, 1.165) is 25.9 Å². The molecule has 170 valence electrons. The second-order valence-electron chi connectivity index (χ2n) is 8.76. The third-order valence-corrected chi connectivity index (χ3v) is 9.47. The van der Waals surface area contributed by atoms with Crippen LogP contribution in [0.15, 0.2) is 24.3 Å². The van der Waals surface area contributed by atoms with Gasteiger partial charge in [0.1, 0.15) is 0 Å². The minimum atomic E-state index is -1.61. The fraction of sp³-hybridized carbons (Fsp3) is 0.773. The van der Waals surface area contributed by atoms with E-state index >= 15 is 0 Å². The van der Waals surface area contributed by atoms with Crippen molar-refractivity contribution in [3.05, 3.63) is 24.3 Å². The Morgan fingerprint density at radius 2 is 1.90 bits per heavy atom. The number of ether oxygens (including phenoxy) is 3. The molecule has 0 aliphatic carbocycles. The Kier molecular flexibility index (Phi) is 13.6. The molecular formula is C22H42O6Si. The summed E-state index contributed by atoms with van der Waals surface area (Å²) in [4.78, 5) is 10.8. The standard InChI is InChI=1S/C11H18O4.C11H24O2Si/c1-9(6-7-10(12)13-2)15-11-5-3-4-8-14-11;1-10(12)8-7-9-13-14(5,6)11(2,3)4/h6-7,9,11H,3-5,8H2,1-2H3;7-8,10,12H,9H2,1-6H3/b7-6-;8-7-/t9-,11?;10-/m00/s1. The zero-order valence-corrected chi connectivity index (χ0v) is 20.6. The lowest BCUT2D eigenvalue weighted by Crippen LogP contribution is -2.40. The van der Waals surface area contributed by atoms with E-state index in [-0.39, 0.29) is 29.5 Å². The summed E-state index contributed by atoms with van der Waals surface area (Å²) >= 11 is 0. The van der Waals surface area contributed by atoms with Crippen molar-refractivity contribution in [1.82, 2.24) is 0 Å². The smallest absolute Gasteiger partial charge is 0.330 e. The Morgan fingerprint density at radius 1 is 1.24 bits per heavy atom. The predicted molar refractivity (Wildman–Crippen MR) is 119 cm³/mol. The van der Waals surface area contributed by atoms with Crippen molar-refractivity contribution >= 4 is 14.3 Å². The molecule has 3 atom stereocenters. The van der Waals surface area contributed by atoms with Crippen LogP contribution in [0.4, 0.5) is 0 Å². The molecular weight excluding hydrogens is 388 g/mol. The van der Waals surface area contributed by atoms with Gasteiger partial charge in [-0.1, -0.05) is 32.9 Å². The van der Waals surface area contributed by atoms with Gasteiger partial charge in [-0.3, -0.25) is 0 Å². The highest BCUT2D eigenvalue weighted by atomic mass is 28.4. The fourth-order valence-electron chi connectivity index (χ4n) is 2.11. The third kappa shape index (κ3) is 13.8. The number of esters is 1. The molecule has 0 spiro atoms. The van der Waals surface area contributed by atoms with Crippen molar-refractivity contribution in [1.29, 1.82) is 0 Å². The molecule has 6 nitrogen and oxygen atoms in total. The number of carbonyl (C=O) groups excluding carboxylic acids is 1. The lowest BCUT2D eigenvalue weighted by Gasteiger charge is -2.35. The van der Waals surface area contributed by atoms with Crippen molar-refractivity contribution in [2.45, 2.75) is 90.5 Å². The molecule has 29 heavy (non-hydrogen) atoms. The molecule has 1 aliphatic rings. The molecule has 1 aliphatic heterocycles. The molecule has 0 radical (unpaired) electrons. The second-order valence-corrected chi connectivity index (χ2v) is 13.6. The summed E-state index contributed by atoms with van der Waals surface area (Å²) in [6.07, 6.45) is 9.22. The van der Waals surface area contributed by atoms with Crippen LogP contribution >= 0.6 is 0 Å². The largest absolute Gasteiger partial charge is 0.466 e. The summed E-state index contributed by atoms with van der Waals surface area (Å²) in [6, 6.07) is 0. The molecule has 1 fully saturated rings. The maximum Gasteiger partial charge on any atom is 0.330 e. The highest BCUT2D eigenvalue weighted by molar-refractivity contribution is 6.74. The van der Waals surface area contributed by atoms with Crippen LogP contribution in [-0.4, -0.2) is 58.2 Å². The van der Waals surface area contributed by atoms with Gasteiger partial charge in [-0.05, 0) is 57.3 Å². The minimum Gasteiger partial charge on any atom is -0.466 e. The zero-order chi connectivity index (χ0) is 22.5.